The molecule has 0 spiro atoms. The van der Waals surface area contributed by atoms with Crippen LogP contribution in [-0.2, 0) is 16.1 Å². The molecule has 0 aromatic carbocycles. The Bertz CT molecular complexity index is 397. The topological polar surface area (TPSA) is 64.4 Å². The van der Waals surface area contributed by atoms with Crippen LogP contribution in [-0.4, -0.2) is 24.7 Å². The van der Waals surface area contributed by atoms with E-state index in [0.717, 1.165) is 22.2 Å². The van der Waals surface area contributed by atoms with Crippen LogP contribution in [0.2, 0.25) is 0 Å². The first kappa shape index (κ1) is 13.0. The molecule has 0 bridgehead atoms. The van der Waals surface area contributed by atoms with E-state index in [9.17, 15) is 4.79 Å². The van der Waals surface area contributed by atoms with Crippen LogP contribution in [0, 0.1) is 0 Å². The maximum absolute atomic E-state index is 11.8. The van der Waals surface area contributed by atoms with E-state index in [1.54, 1.807) is 11.3 Å². The molecular formula is C11H15BrN2O2S. The monoisotopic (exact) mass is 318 g/mol. The van der Waals surface area contributed by atoms with Crippen LogP contribution >= 0.6 is 27.3 Å². The summed E-state index contributed by atoms with van der Waals surface area (Å²) in [6, 6.07) is 2.00. The van der Waals surface area contributed by atoms with Crippen molar-refractivity contribution in [1.29, 1.82) is 0 Å². The summed E-state index contributed by atoms with van der Waals surface area (Å²) in [5, 5.41) is 4.88. The van der Waals surface area contributed by atoms with E-state index in [0.29, 0.717) is 13.1 Å². The number of nitrogens with two attached hydrogens (primary N) is 1. The van der Waals surface area contributed by atoms with Gasteiger partial charge in [0.25, 0.3) is 0 Å². The molecule has 3 N–H and O–H groups in total. The molecule has 1 aromatic heterocycles. The molecule has 0 saturated carbocycles. The average molecular weight is 319 g/mol. The zero-order valence-corrected chi connectivity index (χ0v) is 11.7. The van der Waals surface area contributed by atoms with Crippen LogP contribution in [0.15, 0.2) is 15.9 Å². The largest absolute Gasteiger partial charge is 0.364 e. The number of carbonyl (C=O) groups is 1. The van der Waals surface area contributed by atoms with E-state index in [1.165, 1.54) is 0 Å². The van der Waals surface area contributed by atoms with Crippen LogP contribution in [0.4, 0.5) is 0 Å². The van der Waals surface area contributed by atoms with Gasteiger partial charge in [-0.2, -0.15) is 0 Å². The number of amides is 1. The lowest BCUT2D eigenvalue weighted by Gasteiger charge is -2.12. The molecule has 2 atom stereocenters. The first-order valence-electron chi connectivity index (χ1n) is 5.55. The van der Waals surface area contributed by atoms with Gasteiger partial charge in [0.2, 0.25) is 5.91 Å². The van der Waals surface area contributed by atoms with Gasteiger partial charge in [0, 0.05) is 21.3 Å². The maximum Gasteiger partial charge on any atom is 0.249 e. The normalized spacial score (nSPS) is 23.9. The number of nitrogens with one attached hydrogen (secondary N) is 1. The van der Waals surface area contributed by atoms with Crippen LogP contribution in [0.3, 0.4) is 0 Å². The SMILES string of the molecule is NC[C@H]1CC[C@@H](C(=O)NCc2cc(Br)cs2)O1. The fourth-order valence-corrected chi connectivity index (χ4v) is 3.20. The third-order valence-electron chi connectivity index (χ3n) is 2.72. The Morgan fingerprint density at radius 3 is 3.06 bits per heavy atom. The smallest absolute Gasteiger partial charge is 0.249 e. The summed E-state index contributed by atoms with van der Waals surface area (Å²) in [5.41, 5.74) is 5.50. The number of carbonyl (C=O) groups excluding carboxylic acids is 1. The van der Waals surface area contributed by atoms with Crippen molar-refractivity contribution >= 4 is 33.2 Å². The molecule has 2 rings (SSSR count). The van der Waals surface area contributed by atoms with Crippen molar-refractivity contribution in [2.45, 2.75) is 31.6 Å². The molecule has 6 heteroatoms. The number of rotatable bonds is 4. The van der Waals surface area contributed by atoms with Gasteiger partial charge >= 0.3 is 0 Å². The van der Waals surface area contributed by atoms with E-state index >= 15 is 0 Å². The van der Waals surface area contributed by atoms with E-state index in [2.05, 4.69) is 21.2 Å². The minimum atomic E-state index is -0.327. The first-order chi connectivity index (χ1) is 8.19. The lowest BCUT2D eigenvalue weighted by atomic mass is 10.2. The number of thiophene rings is 1. The zero-order chi connectivity index (χ0) is 12.3. The fourth-order valence-electron chi connectivity index (χ4n) is 1.81. The summed E-state index contributed by atoms with van der Waals surface area (Å²) in [6.45, 7) is 1.05. The lowest BCUT2D eigenvalue weighted by molar-refractivity contribution is -0.132. The zero-order valence-electron chi connectivity index (χ0n) is 9.32. The van der Waals surface area contributed by atoms with Crippen LogP contribution in [0.1, 0.15) is 17.7 Å². The van der Waals surface area contributed by atoms with Crippen LogP contribution in [0.5, 0.6) is 0 Å². The van der Waals surface area contributed by atoms with E-state index in [1.807, 2.05) is 11.4 Å². The molecule has 1 aromatic rings. The standard InChI is InChI=1S/C11H15BrN2O2S/c12-7-3-9(17-6-7)5-14-11(15)10-2-1-8(4-13)16-10/h3,6,8,10H,1-2,4-5,13H2,(H,14,15)/t8-,10+/m1/s1. The van der Waals surface area contributed by atoms with Gasteiger partial charge in [-0.25, -0.2) is 0 Å². The second-order valence-corrected chi connectivity index (χ2v) is 5.92. The van der Waals surface area contributed by atoms with Crippen molar-refractivity contribution in [3.63, 3.8) is 0 Å². The molecule has 1 fully saturated rings. The van der Waals surface area contributed by atoms with Crippen molar-refractivity contribution in [1.82, 2.24) is 5.32 Å². The molecule has 0 radical (unpaired) electrons. The molecule has 2 heterocycles. The third-order valence-corrected chi connectivity index (χ3v) is 4.42. The second-order valence-electron chi connectivity index (χ2n) is 4.01. The van der Waals surface area contributed by atoms with E-state index in [4.69, 9.17) is 10.5 Å². The van der Waals surface area contributed by atoms with Gasteiger partial charge in [0.05, 0.1) is 12.6 Å². The number of halogens is 1. The molecule has 1 saturated heterocycles. The highest BCUT2D eigenvalue weighted by Crippen LogP contribution is 2.21. The predicted molar refractivity (Wildman–Crippen MR) is 70.8 cm³/mol. The minimum Gasteiger partial charge on any atom is -0.364 e. The molecule has 0 unspecified atom stereocenters. The summed E-state index contributed by atoms with van der Waals surface area (Å²) in [7, 11) is 0. The minimum absolute atomic E-state index is 0.0366. The van der Waals surface area contributed by atoms with E-state index < -0.39 is 0 Å². The fraction of sp³-hybridized carbons (Fsp3) is 0.545. The quantitative estimate of drug-likeness (QED) is 0.887. The molecular weight excluding hydrogens is 304 g/mol. The average Bonchev–Trinajstić information content (AvgIpc) is 2.94. The Hall–Kier alpha value is -0.430. The summed E-state index contributed by atoms with van der Waals surface area (Å²) < 4.78 is 6.57. The number of hydrogen-bond acceptors (Lipinski definition) is 4. The van der Waals surface area contributed by atoms with Gasteiger partial charge in [0.1, 0.15) is 6.10 Å². The molecule has 4 nitrogen and oxygen atoms in total. The Kier molecular flexibility index (Phi) is 4.55. The van der Waals surface area contributed by atoms with Crippen LogP contribution < -0.4 is 11.1 Å². The van der Waals surface area contributed by atoms with Crippen molar-refractivity contribution in [3.8, 4) is 0 Å². The highest BCUT2D eigenvalue weighted by atomic mass is 79.9. The van der Waals surface area contributed by atoms with Gasteiger partial charge in [-0.15, -0.1) is 11.3 Å². The second kappa shape index (κ2) is 5.95. The van der Waals surface area contributed by atoms with Crippen molar-refractivity contribution in [2.75, 3.05) is 6.54 Å². The number of hydrogen-bond donors (Lipinski definition) is 2. The molecule has 17 heavy (non-hydrogen) atoms. The van der Waals surface area contributed by atoms with Crippen molar-refractivity contribution < 1.29 is 9.53 Å². The molecule has 1 aliphatic heterocycles. The summed E-state index contributed by atoms with van der Waals surface area (Å²) >= 11 is 5.00. The Morgan fingerprint density at radius 2 is 2.47 bits per heavy atom. The van der Waals surface area contributed by atoms with Crippen molar-refractivity contribution in [3.05, 3.63) is 20.8 Å². The van der Waals surface area contributed by atoms with E-state index in [-0.39, 0.29) is 18.1 Å². The van der Waals surface area contributed by atoms with Gasteiger partial charge in [-0.1, -0.05) is 0 Å². The van der Waals surface area contributed by atoms with Gasteiger partial charge in [-0.3, -0.25) is 4.79 Å². The van der Waals surface area contributed by atoms with Gasteiger partial charge in [0.15, 0.2) is 0 Å². The van der Waals surface area contributed by atoms with Crippen molar-refractivity contribution in [2.24, 2.45) is 5.73 Å². The maximum atomic E-state index is 11.8. The molecule has 1 aliphatic rings. The summed E-state index contributed by atoms with van der Waals surface area (Å²) in [5.74, 6) is -0.0366. The van der Waals surface area contributed by atoms with Gasteiger partial charge < -0.3 is 15.8 Å². The third kappa shape index (κ3) is 3.51. The number of ether oxygens (including phenoxy) is 1. The summed E-state index contributed by atoms with van der Waals surface area (Å²) in [4.78, 5) is 12.9. The molecule has 0 aliphatic carbocycles. The Balaban J connectivity index is 1.78. The Labute approximate surface area is 113 Å². The summed E-state index contributed by atoms with van der Waals surface area (Å²) in [6.07, 6.45) is 1.36. The van der Waals surface area contributed by atoms with Gasteiger partial charge in [-0.05, 0) is 34.8 Å². The highest BCUT2D eigenvalue weighted by molar-refractivity contribution is 9.10. The first-order valence-corrected chi connectivity index (χ1v) is 7.22. The lowest BCUT2D eigenvalue weighted by Crippen LogP contribution is -2.34. The molecule has 1 amide bonds. The molecule has 94 valence electrons. The van der Waals surface area contributed by atoms with Crippen LogP contribution in [0.25, 0.3) is 0 Å². The Morgan fingerprint density at radius 1 is 1.65 bits per heavy atom. The highest BCUT2D eigenvalue weighted by Gasteiger charge is 2.29. The predicted octanol–water partition coefficient (Wildman–Crippen LogP) is 1.63.